The summed E-state index contributed by atoms with van der Waals surface area (Å²) in [6.07, 6.45) is 8.72. The van der Waals surface area contributed by atoms with Crippen molar-refractivity contribution in [2.75, 3.05) is 19.6 Å². The smallest absolute Gasteiger partial charge is 0.0860 e. The van der Waals surface area contributed by atoms with Crippen LogP contribution in [0.25, 0.3) is 0 Å². The first-order valence-electron chi connectivity index (χ1n) is 6.47. The van der Waals surface area contributed by atoms with E-state index in [0.29, 0.717) is 0 Å². The molecule has 2 N–H and O–H groups in total. The molecule has 1 aliphatic carbocycles. The second-order valence-electron chi connectivity index (χ2n) is 4.96. The fraction of sp³-hybridized carbons (Fsp3) is 1.00. The van der Waals surface area contributed by atoms with Gasteiger partial charge < -0.3 is 35.0 Å². The van der Waals surface area contributed by atoms with Crippen LogP contribution in [0.5, 0.6) is 0 Å². The summed E-state index contributed by atoms with van der Waals surface area (Å²) in [4.78, 5) is 2.74. The third-order valence-electron chi connectivity index (χ3n) is 3.97. The molecule has 1 aliphatic heterocycles. The van der Waals surface area contributed by atoms with E-state index in [2.05, 4.69) is 17.1 Å². The van der Waals surface area contributed by atoms with Gasteiger partial charge in [-0.3, -0.25) is 0 Å². The molecule has 98 valence electrons. The fourth-order valence-electron chi connectivity index (χ4n) is 3.14. The van der Waals surface area contributed by atoms with Crippen LogP contribution in [-0.2, 0) is 0 Å². The van der Waals surface area contributed by atoms with Crippen LogP contribution in [0.1, 0.15) is 45.4 Å². The normalized spacial score (nSPS) is 30.6. The molecule has 0 amide bonds. The lowest BCUT2D eigenvalue weighted by Crippen LogP contribution is -3.00. The van der Waals surface area contributed by atoms with Gasteiger partial charge in [0.1, 0.15) is 0 Å². The zero-order valence-electron chi connectivity index (χ0n) is 10.3. The van der Waals surface area contributed by atoms with Crippen LogP contribution in [0.4, 0.5) is 0 Å². The quantitative estimate of drug-likeness (QED) is 0.543. The molecule has 4 heteroatoms. The van der Waals surface area contributed by atoms with Gasteiger partial charge in [-0.15, -0.1) is 0 Å². The molecule has 0 radical (unpaired) electrons. The zero-order valence-corrected chi connectivity index (χ0v) is 11.8. The van der Waals surface area contributed by atoms with Crippen LogP contribution < -0.4 is 30.1 Å². The summed E-state index contributed by atoms with van der Waals surface area (Å²) in [6, 6.07) is 1.89. The Bertz CT molecular complexity index is 164. The van der Waals surface area contributed by atoms with Crippen molar-refractivity contribution in [3.63, 3.8) is 0 Å². The molecule has 1 heterocycles. The minimum absolute atomic E-state index is 0. The van der Waals surface area contributed by atoms with Crippen molar-refractivity contribution < 1.29 is 30.1 Å². The average molecular weight is 268 g/mol. The minimum atomic E-state index is 0. The lowest BCUT2D eigenvalue weighted by Gasteiger charge is -2.33. The van der Waals surface area contributed by atoms with Crippen LogP contribution in [0.3, 0.4) is 0 Å². The van der Waals surface area contributed by atoms with Gasteiger partial charge in [-0.1, -0.05) is 0 Å². The van der Waals surface area contributed by atoms with E-state index in [4.69, 9.17) is 0 Å². The molecule has 2 nitrogen and oxygen atoms in total. The van der Waals surface area contributed by atoms with E-state index in [9.17, 15) is 0 Å². The van der Waals surface area contributed by atoms with Crippen LogP contribution in [0.15, 0.2) is 0 Å². The maximum Gasteiger partial charge on any atom is 0.0860 e. The number of hydrogen-bond donors (Lipinski definition) is 1. The van der Waals surface area contributed by atoms with E-state index in [-0.39, 0.29) is 24.8 Å². The first-order valence-corrected chi connectivity index (χ1v) is 6.47. The molecule has 16 heavy (non-hydrogen) atoms. The third-order valence-corrected chi connectivity index (χ3v) is 3.97. The van der Waals surface area contributed by atoms with Crippen LogP contribution in [0, 0.1) is 0 Å². The van der Waals surface area contributed by atoms with Gasteiger partial charge in [0.2, 0.25) is 0 Å². The van der Waals surface area contributed by atoms with Crippen LogP contribution >= 0.6 is 0 Å². The van der Waals surface area contributed by atoms with E-state index >= 15 is 0 Å². The number of rotatable bonds is 3. The van der Waals surface area contributed by atoms with Crippen LogP contribution in [0.2, 0.25) is 0 Å². The van der Waals surface area contributed by atoms with Gasteiger partial charge in [0.05, 0.1) is 12.6 Å². The minimum Gasteiger partial charge on any atom is -1.00 e. The predicted molar refractivity (Wildman–Crippen MR) is 59.3 cm³/mol. The Hall–Kier alpha value is 0.500. The summed E-state index contributed by atoms with van der Waals surface area (Å²) in [5.74, 6) is 0. The van der Waals surface area contributed by atoms with E-state index < -0.39 is 0 Å². The SMILES string of the molecule is CC[NH2+]C1CCC(N2CCCC2)CC1.[Cl-].[Cl-]. The number of nitrogens with zero attached hydrogens (tertiary/aromatic N) is 1. The van der Waals surface area contributed by atoms with E-state index in [1.54, 1.807) is 0 Å². The van der Waals surface area contributed by atoms with Crippen LogP contribution in [-0.4, -0.2) is 36.6 Å². The molecular formula is C12H25Cl2N2-. The molecule has 1 saturated carbocycles. The number of halogens is 2. The standard InChI is InChI=1S/C12H24N2.2ClH/c1-2-13-11-5-7-12(8-6-11)14-9-3-4-10-14;;/h11-13H,2-10H2,1H3;2*1H/p-1. The van der Waals surface area contributed by atoms with Crippen molar-refractivity contribution >= 4 is 0 Å². The Labute approximate surface area is 112 Å². The van der Waals surface area contributed by atoms with Crippen molar-refractivity contribution in [3.05, 3.63) is 0 Å². The molecule has 0 atom stereocenters. The van der Waals surface area contributed by atoms with Crippen molar-refractivity contribution in [2.24, 2.45) is 0 Å². The highest BCUT2D eigenvalue weighted by Crippen LogP contribution is 2.24. The monoisotopic (exact) mass is 267 g/mol. The number of likely N-dealkylation sites (tertiary alicyclic amines) is 1. The maximum absolute atomic E-state index is 2.74. The third kappa shape index (κ3) is 4.40. The molecule has 0 unspecified atom stereocenters. The summed E-state index contributed by atoms with van der Waals surface area (Å²) in [5, 5.41) is 2.53. The molecular weight excluding hydrogens is 243 g/mol. The molecule has 2 rings (SSSR count). The first kappa shape index (κ1) is 16.5. The predicted octanol–water partition coefficient (Wildman–Crippen LogP) is -5.02. The Kier molecular flexibility index (Phi) is 8.84. The van der Waals surface area contributed by atoms with E-state index in [1.165, 1.54) is 58.2 Å². The van der Waals surface area contributed by atoms with Gasteiger partial charge in [-0.05, 0) is 45.7 Å². The molecule has 0 aromatic rings. The first-order chi connectivity index (χ1) is 6.90. The fourth-order valence-corrected chi connectivity index (χ4v) is 3.14. The van der Waals surface area contributed by atoms with Gasteiger partial charge in [0.15, 0.2) is 0 Å². The van der Waals surface area contributed by atoms with Crippen molar-refractivity contribution in [1.29, 1.82) is 0 Å². The highest BCUT2D eigenvalue weighted by Gasteiger charge is 2.28. The highest BCUT2D eigenvalue weighted by atomic mass is 35.5. The van der Waals surface area contributed by atoms with E-state index in [1.807, 2.05) is 0 Å². The number of nitrogens with two attached hydrogens (primary N) is 1. The van der Waals surface area contributed by atoms with Gasteiger partial charge in [0, 0.05) is 18.9 Å². The molecule has 0 aromatic carbocycles. The molecule has 0 bridgehead atoms. The largest absolute Gasteiger partial charge is 1.00 e. The molecule has 0 aromatic heterocycles. The molecule has 0 spiro atoms. The second-order valence-corrected chi connectivity index (χ2v) is 4.96. The average Bonchev–Trinajstić information content (AvgIpc) is 2.72. The van der Waals surface area contributed by atoms with Gasteiger partial charge in [-0.25, -0.2) is 0 Å². The summed E-state index contributed by atoms with van der Waals surface area (Å²) in [7, 11) is 0. The molecule has 1 saturated heterocycles. The zero-order chi connectivity index (χ0) is 9.80. The lowest BCUT2D eigenvalue weighted by molar-refractivity contribution is -0.689. The molecule has 2 aliphatic rings. The summed E-state index contributed by atoms with van der Waals surface area (Å²) in [5.41, 5.74) is 0. The summed E-state index contributed by atoms with van der Waals surface area (Å²) in [6.45, 7) is 6.30. The highest BCUT2D eigenvalue weighted by molar-refractivity contribution is 4.81. The van der Waals surface area contributed by atoms with Crippen molar-refractivity contribution in [3.8, 4) is 0 Å². The van der Waals surface area contributed by atoms with Crippen molar-refractivity contribution in [1.82, 2.24) is 4.90 Å². The Morgan fingerprint density at radius 3 is 2.06 bits per heavy atom. The summed E-state index contributed by atoms with van der Waals surface area (Å²) < 4.78 is 0. The van der Waals surface area contributed by atoms with Gasteiger partial charge in [0.25, 0.3) is 0 Å². The van der Waals surface area contributed by atoms with Gasteiger partial charge >= 0.3 is 0 Å². The number of hydrogen-bond acceptors (Lipinski definition) is 1. The molecule has 2 fully saturated rings. The van der Waals surface area contributed by atoms with Crippen molar-refractivity contribution in [2.45, 2.75) is 57.5 Å². The Morgan fingerprint density at radius 1 is 1.00 bits per heavy atom. The topological polar surface area (TPSA) is 19.9 Å². The maximum atomic E-state index is 2.74. The Morgan fingerprint density at radius 2 is 1.56 bits per heavy atom. The number of quaternary nitrogens is 1. The lowest BCUT2D eigenvalue weighted by atomic mass is 9.90. The second kappa shape index (κ2) is 8.57. The Balaban J connectivity index is 0.00000112. The van der Waals surface area contributed by atoms with Gasteiger partial charge in [-0.2, -0.15) is 0 Å². The summed E-state index contributed by atoms with van der Waals surface area (Å²) >= 11 is 0. The van der Waals surface area contributed by atoms with E-state index in [0.717, 1.165) is 12.1 Å².